The third kappa shape index (κ3) is 4.53. The first kappa shape index (κ1) is 38.6. The molecule has 72 heavy (non-hydrogen) atoms. The van der Waals surface area contributed by atoms with Crippen molar-refractivity contribution in [2.24, 2.45) is 0 Å². The van der Waals surface area contributed by atoms with Crippen molar-refractivity contribution in [3.63, 3.8) is 0 Å². The van der Waals surface area contributed by atoms with E-state index in [-0.39, 0.29) is 0 Å². The monoisotopic (exact) mass is 912 g/mol. The standard InChI is InChI=1S/C70H40O2/c1-71-69-65-45-27-15-11-23-41(45)42-24-12-16-28-46(42)66(65)70(72-2)68-54-36-32-50-48-30-34-52-59-51(33-29-47(57(48)59)49-31-35-53(67(68)69)60(54)58(49)50)63-55(37-17-5-3-6-18-37)61-43-25-13-9-21-39(43)40-22-10-14-26-44(40)62(61)56(64(52)63)38-19-7-4-8-20-38/h3-36H,1-2H3. The summed E-state index contributed by atoms with van der Waals surface area (Å²) < 4.78 is 13.3. The van der Waals surface area contributed by atoms with Gasteiger partial charge in [0.1, 0.15) is 11.5 Å². The number of methoxy groups -OCH3 is 2. The zero-order valence-corrected chi connectivity index (χ0v) is 39.4. The molecule has 0 aromatic heterocycles. The van der Waals surface area contributed by atoms with Gasteiger partial charge in [-0.05, 0) is 151 Å². The van der Waals surface area contributed by atoms with E-state index in [1.54, 1.807) is 0 Å². The summed E-state index contributed by atoms with van der Waals surface area (Å²) in [4.78, 5) is 0. The number of hydrogen-bond donors (Lipinski definition) is 0. The van der Waals surface area contributed by atoms with E-state index in [1.807, 2.05) is 14.2 Å². The van der Waals surface area contributed by atoms with Gasteiger partial charge in [0, 0.05) is 21.2 Å². The minimum absolute atomic E-state index is 0.892. The summed E-state index contributed by atoms with van der Waals surface area (Å²) in [5.41, 5.74) is 5.04. The number of hydrogen-bond acceptors (Lipinski definition) is 2. The summed E-state index contributed by atoms with van der Waals surface area (Å²) in [6.07, 6.45) is 0. The first-order chi connectivity index (χ1) is 35.7. The van der Waals surface area contributed by atoms with E-state index < -0.39 is 0 Å². The van der Waals surface area contributed by atoms with Gasteiger partial charge in [-0.15, -0.1) is 0 Å². The van der Waals surface area contributed by atoms with Crippen LogP contribution in [0.15, 0.2) is 206 Å². The Morgan fingerprint density at radius 3 is 0.792 bits per heavy atom. The number of rotatable bonds is 4. The van der Waals surface area contributed by atoms with Crippen LogP contribution in [-0.2, 0) is 0 Å². The zero-order chi connectivity index (χ0) is 47.1. The van der Waals surface area contributed by atoms with Crippen LogP contribution < -0.4 is 9.47 Å². The van der Waals surface area contributed by atoms with Crippen LogP contribution in [0.2, 0.25) is 0 Å². The molecule has 2 aliphatic rings. The number of fused-ring (bicyclic) bond motifs is 16. The Kier molecular flexibility index (Phi) is 7.37. The summed E-state index contributed by atoms with van der Waals surface area (Å²) in [6.45, 7) is 0. The maximum absolute atomic E-state index is 6.66. The van der Waals surface area contributed by atoms with Gasteiger partial charge >= 0.3 is 0 Å². The van der Waals surface area contributed by atoms with E-state index in [2.05, 4.69) is 206 Å². The first-order valence-corrected chi connectivity index (χ1v) is 25.0. The van der Waals surface area contributed by atoms with E-state index in [0.29, 0.717) is 0 Å². The summed E-state index contributed by atoms with van der Waals surface area (Å²) in [6, 6.07) is 77.2. The fourth-order valence-corrected chi connectivity index (χ4v) is 14.2. The fraction of sp³-hybridized carbons (Fsp3) is 0.0286. The van der Waals surface area contributed by atoms with Crippen molar-refractivity contribution in [1.82, 2.24) is 0 Å². The second kappa shape index (κ2) is 13.8. The van der Waals surface area contributed by atoms with Crippen LogP contribution in [0.5, 0.6) is 11.5 Å². The Bertz CT molecular complexity index is 5130. The molecule has 0 spiro atoms. The van der Waals surface area contributed by atoms with Crippen LogP contribution in [0.4, 0.5) is 0 Å². The molecule has 0 aliphatic heterocycles. The lowest BCUT2D eigenvalue weighted by Crippen LogP contribution is -1.96. The van der Waals surface area contributed by atoms with Crippen LogP contribution >= 0.6 is 0 Å². The summed E-state index contributed by atoms with van der Waals surface area (Å²) in [5.74, 6) is 1.78. The van der Waals surface area contributed by atoms with Crippen LogP contribution in [0, 0.1) is 41.7 Å². The fourth-order valence-electron chi connectivity index (χ4n) is 14.2. The molecule has 0 saturated heterocycles. The Balaban J connectivity index is 1.12. The molecule has 2 aliphatic carbocycles. The van der Waals surface area contributed by atoms with Gasteiger partial charge in [-0.1, -0.05) is 206 Å². The van der Waals surface area contributed by atoms with E-state index >= 15 is 0 Å². The molecule has 15 aromatic rings. The van der Waals surface area contributed by atoms with Gasteiger partial charge in [-0.3, -0.25) is 0 Å². The van der Waals surface area contributed by atoms with E-state index in [4.69, 9.17) is 9.47 Å². The molecule has 0 atom stereocenters. The third-order valence-corrected chi connectivity index (χ3v) is 16.8. The maximum atomic E-state index is 6.66. The van der Waals surface area contributed by atoms with Gasteiger partial charge in [0.05, 0.1) is 14.2 Å². The Morgan fingerprint density at radius 2 is 0.472 bits per heavy atom. The maximum Gasteiger partial charge on any atom is 0.136 e. The molecule has 2 nitrogen and oxygen atoms in total. The average molecular weight is 913 g/mol. The van der Waals surface area contributed by atoms with Gasteiger partial charge in [-0.25, -0.2) is 0 Å². The van der Waals surface area contributed by atoms with Crippen molar-refractivity contribution in [2.75, 3.05) is 14.2 Å². The molecule has 15 aromatic carbocycles. The Hall–Kier alpha value is -9.24. The third-order valence-electron chi connectivity index (χ3n) is 16.8. The molecule has 332 valence electrons. The second-order valence-electron chi connectivity index (χ2n) is 19.9. The minimum atomic E-state index is 0.892. The summed E-state index contributed by atoms with van der Waals surface area (Å²) in [7, 11) is 3.67. The highest BCUT2D eigenvalue weighted by Crippen LogP contribution is 2.52. The quantitative estimate of drug-likeness (QED) is 0.129. The van der Waals surface area contributed by atoms with Crippen LogP contribution in [0.1, 0.15) is 0 Å². The minimum Gasteiger partial charge on any atom is -0.495 e. The smallest absolute Gasteiger partial charge is 0.136 e. The van der Waals surface area contributed by atoms with Gasteiger partial charge in [-0.2, -0.15) is 0 Å². The summed E-state index contributed by atoms with van der Waals surface area (Å²) in [5, 5.41) is 34.7. The molecule has 0 radical (unpaired) electrons. The lowest BCUT2D eigenvalue weighted by molar-refractivity contribution is 0.406. The number of ether oxygens (including phenoxy) is 2. The second-order valence-corrected chi connectivity index (χ2v) is 19.9. The lowest BCUT2D eigenvalue weighted by atomic mass is 9.83. The predicted octanol–water partition coefficient (Wildman–Crippen LogP) is 17.8. The molecular weight excluding hydrogens is 873 g/mol. The molecule has 2 heteroatoms. The van der Waals surface area contributed by atoms with Crippen molar-refractivity contribution in [2.45, 2.75) is 0 Å². The van der Waals surface area contributed by atoms with Crippen molar-refractivity contribution in [1.29, 1.82) is 0 Å². The van der Waals surface area contributed by atoms with Gasteiger partial charge in [0.25, 0.3) is 0 Å². The van der Waals surface area contributed by atoms with E-state index in [0.717, 1.165) is 43.5 Å². The molecule has 0 fully saturated rings. The zero-order valence-electron chi connectivity index (χ0n) is 39.4. The van der Waals surface area contributed by atoms with Crippen LogP contribution in [0.25, 0.3) is 130 Å². The molecule has 0 N–H and O–H groups in total. The van der Waals surface area contributed by atoms with Crippen molar-refractivity contribution >= 4 is 108 Å². The highest BCUT2D eigenvalue weighted by molar-refractivity contribution is 6.35. The van der Waals surface area contributed by atoms with Crippen molar-refractivity contribution < 1.29 is 9.47 Å². The number of benzene rings is 15. The molecule has 0 unspecified atom stereocenters. The van der Waals surface area contributed by atoms with E-state index in [1.165, 1.54) is 140 Å². The molecular formula is C70H40O2. The highest BCUT2D eigenvalue weighted by atomic mass is 16.5. The van der Waals surface area contributed by atoms with Crippen molar-refractivity contribution in [3.05, 3.63) is 248 Å². The van der Waals surface area contributed by atoms with E-state index in [9.17, 15) is 0 Å². The summed E-state index contributed by atoms with van der Waals surface area (Å²) >= 11 is 0. The van der Waals surface area contributed by atoms with Crippen LogP contribution in [-0.4, -0.2) is 14.2 Å². The average Bonchev–Trinajstić information content (AvgIpc) is 3.97. The van der Waals surface area contributed by atoms with Crippen LogP contribution in [0.3, 0.4) is 0 Å². The lowest BCUT2D eigenvalue weighted by Gasteiger charge is -2.19. The Labute approximate surface area is 411 Å². The topological polar surface area (TPSA) is 18.5 Å². The first-order valence-electron chi connectivity index (χ1n) is 25.0. The van der Waals surface area contributed by atoms with Gasteiger partial charge in [0.2, 0.25) is 0 Å². The normalized spacial score (nSPS) is 12.6. The SMILES string of the molecule is COc1c2c(c(OC)c3c4ccccc4c4ccccc4c13)=c1ccc3c4ccc5c6c(ccc(c7ccc=2c1c73)c64)=c1c(-c2ccccc2)c2c3ccccc3c3ccccc3c2c(-c2ccccc2)c1=5. The largest absolute Gasteiger partial charge is 0.495 e. The molecule has 0 heterocycles. The van der Waals surface area contributed by atoms with Crippen molar-refractivity contribution in [3.8, 4) is 33.8 Å². The molecule has 17 rings (SSSR count). The molecule has 0 bridgehead atoms. The Morgan fingerprint density at radius 1 is 0.208 bits per heavy atom. The molecule has 0 saturated carbocycles. The van der Waals surface area contributed by atoms with Gasteiger partial charge < -0.3 is 9.47 Å². The predicted molar refractivity (Wildman–Crippen MR) is 300 cm³/mol. The highest BCUT2D eigenvalue weighted by Gasteiger charge is 2.28. The van der Waals surface area contributed by atoms with Gasteiger partial charge in [0.15, 0.2) is 0 Å². The molecule has 0 amide bonds.